The van der Waals surface area contributed by atoms with Gasteiger partial charge in [0.25, 0.3) is 5.56 Å². The average Bonchev–Trinajstić information content (AvgIpc) is 2.72. The van der Waals surface area contributed by atoms with Crippen LogP contribution in [-0.2, 0) is 4.74 Å². The number of halogens is 2. The first kappa shape index (κ1) is 14.4. The second-order valence-corrected chi connectivity index (χ2v) is 6.01. The molecule has 1 fully saturated rings. The van der Waals surface area contributed by atoms with Gasteiger partial charge in [-0.2, -0.15) is 2.78 Å². The van der Waals surface area contributed by atoms with Crippen LogP contribution >= 0.6 is 45.5 Å². The Kier molecular flexibility index (Phi) is 4.46. The van der Waals surface area contributed by atoms with Crippen LogP contribution in [0.3, 0.4) is 0 Å². The molecule has 1 aliphatic heterocycles. The van der Waals surface area contributed by atoms with Crippen LogP contribution in [0.5, 0.6) is 0 Å². The summed E-state index contributed by atoms with van der Waals surface area (Å²) in [7, 11) is 0. The molecule has 2 N–H and O–H groups in total. The third-order valence-corrected chi connectivity index (χ3v) is 4.26. The van der Waals surface area contributed by atoms with E-state index in [4.69, 9.17) is 9.84 Å². The minimum Gasteiger partial charge on any atom is -0.394 e. The minimum absolute atomic E-state index is 0.219. The highest BCUT2D eigenvalue weighted by molar-refractivity contribution is 14.1. The molecule has 0 unspecified atom stereocenters. The lowest BCUT2D eigenvalue weighted by Gasteiger charge is -2.18. The molecule has 0 spiro atoms. The summed E-state index contributed by atoms with van der Waals surface area (Å²) in [6.07, 6.45) is -0.642. The van der Waals surface area contributed by atoms with Gasteiger partial charge in [-0.05, 0) is 22.6 Å². The highest BCUT2D eigenvalue weighted by Crippen LogP contribution is 2.27. The number of aromatic nitrogens is 2. The minimum atomic E-state index is -0.885. The fraction of sp³-hybridized carbons (Fsp3) is 0.556. The van der Waals surface area contributed by atoms with Gasteiger partial charge in [-0.25, -0.2) is 4.79 Å². The molecule has 0 radical (unpaired) electrons. The predicted octanol–water partition coefficient (Wildman–Crippen LogP) is -0.547. The molecule has 1 aromatic heterocycles. The van der Waals surface area contributed by atoms with Crippen molar-refractivity contribution in [3.05, 3.63) is 30.6 Å². The van der Waals surface area contributed by atoms with Crippen LogP contribution in [0.4, 0.5) is 0 Å². The summed E-state index contributed by atoms with van der Waals surface area (Å²) >= 11 is 3.42. The van der Waals surface area contributed by atoms with Gasteiger partial charge in [0.2, 0.25) is 0 Å². The Hall–Kier alpha value is 0.0200. The summed E-state index contributed by atoms with van der Waals surface area (Å²) in [4.78, 5) is 23.5. The van der Waals surface area contributed by atoms with Gasteiger partial charge in [0, 0.05) is 12.6 Å². The molecular formula is C9H10I2N2O5. The molecule has 1 aliphatic rings. The first-order chi connectivity index (χ1) is 8.45. The maximum Gasteiger partial charge on any atom is 0.342 e. The molecule has 3 atom stereocenters. The Labute approximate surface area is 129 Å². The smallest absolute Gasteiger partial charge is 0.342 e. The second kappa shape index (κ2) is 5.56. The summed E-state index contributed by atoms with van der Waals surface area (Å²) in [5.74, 6) is 0. The molecule has 7 nitrogen and oxygen atoms in total. The van der Waals surface area contributed by atoms with E-state index in [0.29, 0.717) is 3.57 Å². The number of aliphatic hydroxyl groups excluding tert-OH is 2. The maximum absolute atomic E-state index is 11.9. The largest absolute Gasteiger partial charge is 0.394 e. The van der Waals surface area contributed by atoms with Crippen molar-refractivity contribution in [3.8, 4) is 0 Å². The number of nitrogens with zero attached hydrogens (tertiary/aromatic N) is 2. The Morgan fingerprint density at radius 3 is 2.72 bits per heavy atom. The average molecular weight is 480 g/mol. The molecule has 0 amide bonds. The van der Waals surface area contributed by atoms with E-state index in [9.17, 15) is 14.7 Å². The number of aliphatic hydroxyl groups is 2. The van der Waals surface area contributed by atoms with Crippen LogP contribution < -0.4 is 11.2 Å². The zero-order valence-electron chi connectivity index (χ0n) is 8.99. The van der Waals surface area contributed by atoms with Gasteiger partial charge in [0.05, 0.1) is 39.1 Å². The van der Waals surface area contributed by atoms with Crippen LogP contribution in [0.2, 0.25) is 0 Å². The summed E-state index contributed by atoms with van der Waals surface area (Å²) < 4.78 is 7.84. The van der Waals surface area contributed by atoms with Crippen molar-refractivity contribution in [2.75, 3.05) is 6.61 Å². The molecule has 0 bridgehead atoms. The van der Waals surface area contributed by atoms with Gasteiger partial charge < -0.3 is 14.9 Å². The SMILES string of the molecule is O=c1c(I)cn([C@@H]2O[C@H](CO)C[C@H]2O)c(=O)n1I. The Morgan fingerprint density at radius 1 is 1.50 bits per heavy atom. The quantitative estimate of drug-likeness (QED) is 0.555. The Morgan fingerprint density at radius 2 is 2.17 bits per heavy atom. The topological polar surface area (TPSA) is 93.7 Å². The van der Waals surface area contributed by atoms with E-state index in [2.05, 4.69) is 0 Å². The number of rotatable bonds is 2. The van der Waals surface area contributed by atoms with Gasteiger partial charge in [-0.1, -0.05) is 0 Å². The van der Waals surface area contributed by atoms with Crippen LogP contribution in [0, 0.1) is 3.57 Å². The molecule has 18 heavy (non-hydrogen) atoms. The molecule has 2 rings (SSSR count). The van der Waals surface area contributed by atoms with Crippen LogP contribution in [0.15, 0.2) is 15.8 Å². The monoisotopic (exact) mass is 480 g/mol. The van der Waals surface area contributed by atoms with Crippen molar-refractivity contribution < 1.29 is 14.9 Å². The van der Waals surface area contributed by atoms with Gasteiger partial charge >= 0.3 is 5.69 Å². The van der Waals surface area contributed by atoms with Gasteiger partial charge in [-0.3, -0.25) is 9.36 Å². The Balaban J connectivity index is 2.47. The lowest BCUT2D eigenvalue weighted by atomic mass is 10.2. The molecule has 1 aromatic rings. The maximum atomic E-state index is 11.9. The third kappa shape index (κ3) is 2.50. The van der Waals surface area contributed by atoms with Crippen molar-refractivity contribution >= 4 is 45.5 Å². The standard InChI is InChI=1S/C9H10I2N2O5/c10-5-2-12(9(17)13(11)7(5)16)8-6(15)1-4(3-14)18-8/h2,4,6,8,14-15H,1,3H2/t4-,6+,8+/m0/s1. The molecule has 1 saturated heterocycles. The van der Waals surface area contributed by atoms with E-state index < -0.39 is 29.7 Å². The first-order valence-corrected chi connectivity index (χ1v) is 7.14. The predicted molar refractivity (Wildman–Crippen MR) is 78.7 cm³/mol. The van der Waals surface area contributed by atoms with Crippen molar-refractivity contribution in [2.45, 2.75) is 24.9 Å². The van der Waals surface area contributed by atoms with Crippen LogP contribution in [0.25, 0.3) is 0 Å². The van der Waals surface area contributed by atoms with Crippen molar-refractivity contribution in [3.63, 3.8) is 0 Å². The van der Waals surface area contributed by atoms with E-state index in [-0.39, 0.29) is 13.0 Å². The second-order valence-electron chi connectivity index (χ2n) is 3.89. The molecule has 9 heteroatoms. The van der Waals surface area contributed by atoms with Gasteiger partial charge in [0.1, 0.15) is 6.10 Å². The molecule has 0 aromatic carbocycles. The molecule has 2 heterocycles. The summed E-state index contributed by atoms with van der Waals surface area (Å²) in [6.45, 7) is -0.219. The summed E-state index contributed by atoms with van der Waals surface area (Å²) in [5, 5.41) is 18.8. The highest BCUT2D eigenvalue weighted by atomic mass is 127. The normalized spacial score (nSPS) is 27.7. The molecule has 0 aliphatic carbocycles. The molecule has 100 valence electrons. The van der Waals surface area contributed by atoms with Crippen molar-refractivity contribution in [2.24, 2.45) is 0 Å². The summed E-state index contributed by atoms with van der Waals surface area (Å²) in [6, 6.07) is 0. The van der Waals surface area contributed by atoms with E-state index in [0.717, 1.165) is 2.78 Å². The lowest BCUT2D eigenvalue weighted by molar-refractivity contribution is -0.0532. The fourth-order valence-corrected chi connectivity index (χ4v) is 3.31. The zero-order valence-corrected chi connectivity index (χ0v) is 13.3. The van der Waals surface area contributed by atoms with Crippen LogP contribution in [0.1, 0.15) is 12.6 Å². The zero-order chi connectivity index (χ0) is 13.4. The highest BCUT2D eigenvalue weighted by Gasteiger charge is 2.35. The third-order valence-electron chi connectivity index (χ3n) is 2.67. The number of hydrogen-bond acceptors (Lipinski definition) is 5. The van der Waals surface area contributed by atoms with Crippen molar-refractivity contribution in [1.29, 1.82) is 0 Å². The van der Waals surface area contributed by atoms with E-state index >= 15 is 0 Å². The lowest BCUT2D eigenvalue weighted by Crippen LogP contribution is -2.40. The summed E-state index contributed by atoms with van der Waals surface area (Å²) in [5.41, 5.74) is -0.965. The number of hydrogen-bond donors (Lipinski definition) is 2. The number of ether oxygens (including phenoxy) is 1. The fourth-order valence-electron chi connectivity index (χ4n) is 1.79. The molecule has 0 saturated carbocycles. The van der Waals surface area contributed by atoms with Crippen LogP contribution in [-0.4, -0.2) is 36.4 Å². The van der Waals surface area contributed by atoms with E-state index in [1.807, 2.05) is 22.6 Å². The van der Waals surface area contributed by atoms with Gasteiger partial charge in [0.15, 0.2) is 6.23 Å². The van der Waals surface area contributed by atoms with Gasteiger partial charge in [-0.15, -0.1) is 0 Å². The van der Waals surface area contributed by atoms with E-state index in [1.165, 1.54) is 10.8 Å². The first-order valence-electron chi connectivity index (χ1n) is 5.10. The van der Waals surface area contributed by atoms with E-state index in [1.54, 1.807) is 22.9 Å². The molecular weight excluding hydrogens is 470 g/mol. The Bertz CT molecular complexity index is 569. The van der Waals surface area contributed by atoms with Crippen molar-refractivity contribution in [1.82, 2.24) is 7.35 Å².